The molecule has 0 atom stereocenters. The van der Waals surface area contributed by atoms with Crippen LogP contribution in [0.15, 0.2) is 18.2 Å². The van der Waals surface area contributed by atoms with Crippen LogP contribution in [0.5, 0.6) is 11.5 Å². The number of alkyl halides is 1. The maximum absolute atomic E-state index is 5.69. The molecule has 0 saturated carbocycles. The van der Waals surface area contributed by atoms with Crippen molar-refractivity contribution in [2.75, 3.05) is 26.9 Å². The molecule has 0 N–H and O–H groups in total. The summed E-state index contributed by atoms with van der Waals surface area (Å²) in [4.78, 5) is 0. The molecule has 0 amide bonds. The Labute approximate surface area is 111 Å². The van der Waals surface area contributed by atoms with Crippen molar-refractivity contribution < 1.29 is 14.2 Å². The molecule has 3 nitrogen and oxygen atoms in total. The summed E-state index contributed by atoms with van der Waals surface area (Å²) in [6.07, 6.45) is 0.884. The lowest BCUT2D eigenvalue weighted by Gasteiger charge is -2.11. The molecule has 0 aliphatic carbocycles. The minimum absolute atomic E-state index is 0.641. The van der Waals surface area contributed by atoms with Crippen molar-refractivity contribution in [3.8, 4) is 11.5 Å². The predicted molar refractivity (Wildman–Crippen MR) is 72.2 cm³/mol. The first-order chi connectivity index (χ1) is 8.31. The Balaban J connectivity index is 2.49. The molecular formula is C13H19BrO3. The minimum Gasteiger partial charge on any atom is -0.493 e. The summed E-state index contributed by atoms with van der Waals surface area (Å²) in [5.74, 6) is 1.56. The molecule has 0 heterocycles. The molecule has 0 aliphatic rings. The summed E-state index contributed by atoms with van der Waals surface area (Å²) in [6, 6.07) is 5.93. The van der Waals surface area contributed by atoms with Gasteiger partial charge in [-0.25, -0.2) is 0 Å². The SMILES string of the molecule is CCOCCCOc1cc(CBr)ccc1OC. The van der Waals surface area contributed by atoms with Gasteiger partial charge in [0.1, 0.15) is 0 Å². The zero-order valence-electron chi connectivity index (χ0n) is 10.4. The number of hydrogen-bond donors (Lipinski definition) is 0. The molecule has 0 spiro atoms. The smallest absolute Gasteiger partial charge is 0.161 e. The molecule has 0 unspecified atom stereocenters. The van der Waals surface area contributed by atoms with E-state index in [1.54, 1.807) is 7.11 Å². The summed E-state index contributed by atoms with van der Waals surface area (Å²) in [6.45, 7) is 4.12. The fourth-order valence-electron chi connectivity index (χ4n) is 1.40. The largest absolute Gasteiger partial charge is 0.493 e. The number of ether oxygens (including phenoxy) is 3. The van der Waals surface area contributed by atoms with E-state index in [-0.39, 0.29) is 0 Å². The van der Waals surface area contributed by atoms with Crippen LogP contribution < -0.4 is 9.47 Å². The summed E-state index contributed by atoms with van der Waals surface area (Å²) in [5, 5.41) is 0.812. The van der Waals surface area contributed by atoms with Crippen LogP contribution in [-0.4, -0.2) is 26.9 Å². The third kappa shape index (κ3) is 4.96. The van der Waals surface area contributed by atoms with E-state index in [1.165, 1.54) is 5.56 Å². The Hall–Kier alpha value is -0.740. The maximum atomic E-state index is 5.69. The second-order valence-electron chi connectivity index (χ2n) is 3.52. The van der Waals surface area contributed by atoms with Gasteiger partial charge in [-0.15, -0.1) is 0 Å². The van der Waals surface area contributed by atoms with Crippen molar-refractivity contribution in [1.82, 2.24) is 0 Å². The van der Waals surface area contributed by atoms with Crippen molar-refractivity contribution in [3.63, 3.8) is 0 Å². The molecule has 1 aromatic carbocycles. The van der Waals surface area contributed by atoms with E-state index >= 15 is 0 Å². The van der Waals surface area contributed by atoms with Gasteiger partial charge in [0, 0.05) is 25.0 Å². The third-order valence-electron chi connectivity index (χ3n) is 2.28. The van der Waals surface area contributed by atoms with E-state index in [0.717, 1.165) is 36.5 Å². The standard InChI is InChI=1S/C13H19BrO3/c1-3-16-7-4-8-17-13-9-11(10-14)5-6-12(13)15-2/h5-6,9H,3-4,7-8,10H2,1-2H3. The van der Waals surface area contributed by atoms with Gasteiger partial charge in [-0.1, -0.05) is 22.0 Å². The van der Waals surface area contributed by atoms with E-state index in [9.17, 15) is 0 Å². The average Bonchev–Trinajstić information content (AvgIpc) is 2.38. The van der Waals surface area contributed by atoms with Gasteiger partial charge in [-0.05, 0) is 24.6 Å². The Kier molecular flexibility index (Phi) is 7.05. The van der Waals surface area contributed by atoms with Gasteiger partial charge in [-0.3, -0.25) is 0 Å². The fraction of sp³-hybridized carbons (Fsp3) is 0.538. The first-order valence-electron chi connectivity index (χ1n) is 5.75. The molecular weight excluding hydrogens is 284 g/mol. The van der Waals surface area contributed by atoms with Crippen LogP contribution in [0, 0.1) is 0 Å². The lowest BCUT2D eigenvalue weighted by Crippen LogP contribution is -2.04. The molecule has 4 heteroatoms. The van der Waals surface area contributed by atoms with Gasteiger partial charge in [0.25, 0.3) is 0 Å². The Morgan fingerprint density at radius 2 is 2.00 bits per heavy atom. The molecule has 0 fully saturated rings. The van der Waals surface area contributed by atoms with Crippen molar-refractivity contribution in [1.29, 1.82) is 0 Å². The van der Waals surface area contributed by atoms with Crippen molar-refractivity contribution in [2.45, 2.75) is 18.7 Å². The van der Waals surface area contributed by atoms with Crippen LogP contribution in [0.3, 0.4) is 0 Å². The van der Waals surface area contributed by atoms with Crippen LogP contribution in [0.25, 0.3) is 0 Å². The van der Waals surface area contributed by atoms with Gasteiger partial charge in [0.05, 0.1) is 13.7 Å². The van der Waals surface area contributed by atoms with Crippen LogP contribution in [-0.2, 0) is 10.1 Å². The summed E-state index contributed by atoms with van der Waals surface area (Å²) >= 11 is 3.42. The van der Waals surface area contributed by atoms with E-state index < -0.39 is 0 Å². The van der Waals surface area contributed by atoms with Crippen LogP contribution in [0.4, 0.5) is 0 Å². The van der Waals surface area contributed by atoms with Gasteiger partial charge in [0.15, 0.2) is 11.5 Å². The fourth-order valence-corrected chi connectivity index (χ4v) is 1.75. The lowest BCUT2D eigenvalue weighted by atomic mass is 10.2. The number of methoxy groups -OCH3 is 1. The first-order valence-corrected chi connectivity index (χ1v) is 6.87. The van der Waals surface area contributed by atoms with Crippen molar-refractivity contribution in [3.05, 3.63) is 23.8 Å². The summed E-state index contributed by atoms with van der Waals surface area (Å²) in [5.41, 5.74) is 1.17. The third-order valence-corrected chi connectivity index (χ3v) is 2.92. The van der Waals surface area contributed by atoms with E-state index in [4.69, 9.17) is 14.2 Å². The molecule has 0 aliphatic heterocycles. The number of hydrogen-bond acceptors (Lipinski definition) is 3. The molecule has 96 valence electrons. The van der Waals surface area contributed by atoms with Crippen molar-refractivity contribution in [2.24, 2.45) is 0 Å². The van der Waals surface area contributed by atoms with Gasteiger partial charge >= 0.3 is 0 Å². The minimum atomic E-state index is 0.641. The molecule has 17 heavy (non-hydrogen) atoms. The van der Waals surface area contributed by atoms with Crippen LogP contribution in [0.1, 0.15) is 18.9 Å². The molecule has 1 rings (SSSR count). The second kappa shape index (κ2) is 8.37. The van der Waals surface area contributed by atoms with Gasteiger partial charge < -0.3 is 14.2 Å². The average molecular weight is 303 g/mol. The zero-order valence-corrected chi connectivity index (χ0v) is 12.0. The highest BCUT2D eigenvalue weighted by molar-refractivity contribution is 9.08. The summed E-state index contributed by atoms with van der Waals surface area (Å²) in [7, 11) is 1.65. The number of halogens is 1. The topological polar surface area (TPSA) is 27.7 Å². The monoisotopic (exact) mass is 302 g/mol. The highest BCUT2D eigenvalue weighted by atomic mass is 79.9. The van der Waals surface area contributed by atoms with Crippen molar-refractivity contribution >= 4 is 15.9 Å². The first kappa shape index (κ1) is 14.3. The molecule has 0 bridgehead atoms. The Bertz CT molecular complexity index is 328. The Morgan fingerprint density at radius 1 is 1.18 bits per heavy atom. The lowest BCUT2D eigenvalue weighted by molar-refractivity contribution is 0.130. The quantitative estimate of drug-likeness (QED) is 0.544. The van der Waals surface area contributed by atoms with Crippen LogP contribution >= 0.6 is 15.9 Å². The van der Waals surface area contributed by atoms with E-state index in [0.29, 0.717) is 6.61 Å². The molecule has 1 aromatic rings. The number of benzene rings is 1. The Morgan fingerprint density at radius 3 is 2.65 bits per heavy atom. The molecule has 0 aromatic heterocycles. The van der Waals surface area contributed by atoms with Crippen LogP contribution in [0.2, 0.25) is 0 Å². The predicted octanol–water partition coefficient (Wildman–Crippen LogP) is 3.40. The highest BCUT2D eigenvalue weighted by Gasteiger charge is 2.05. The van der Waals surface area contributed by atoms with E-state index in [2.05, 4.69) is 15.9 Å². The summed E-state index contributed by atoms with van der Waals surface area (Å²) < 4.78 is 16.2. The second-order valence-corrected chi connectivity index (χ2v) is 4.08. The normalized spacial score (nSPS) is 10.3. The van der Waals surface area contributed by atoms with Gasteiger partial charge in [0.2, 0.25) is 0 Å². The maximum Gasteiger partial charge on any atom is 0.161 e. The number of rotatable bonds is 8. The molecule has 0 radical (unpaired) electrons. The zero-order chi connectivity index (χ0) is 12.5. The highest BCUT2D eigenvalue weighted by Crippen LogP contribution is 2.28. The van der Waals surface area contributed by atoms with E-state index in [1.807, 2.05) is 25.1 Å². The van der Waals surface area contributed by atoms with Gasteiger partial charge in [-0.2, -0.15) is 0 Å². The molecule has 0 saturated heterocycles.